The molecule has 1 unspecified atom stereocenters. The van der Waals surface area contributed by atoms with Gasteiger partial charge >= 0.3 is 0 Å². The lowest BCUT2D eigenvalue weighted by atomic mass is 10.1. The maximum atomic E-state index is 11.8. The van der Waals surface area contributed by atoms with Crippen molar-refractivity contribution < 1.29 is 9.72 Å². The zero-order chi connectivity index (χ0) is 13.7. The van der Waals surface area contributed by atoms with Gasteiger partial charge in [-0.1, -0.05) is 18.5 Å². The van der Waals surface area contributed by atoms with Crippen molar-refractivity contribution in [2.24, 2.45) is 5.73 Å². The second-order valence-corrected chi connectivity index (χ2v) is 4.23. The van der Waals surface area contributed by atoms with E-state index < -0.39 is 10.8 Å². The van der Waals surface area contributed by atoms with Crippen LogP contribution in [0.3, 0.4) is 0 Å². The zero-order valence-electron chi connectivity index (χ0n) is 9.85. The standard InChI is InChI=1S/C11H14ClN3O3/c1-2-8(13)6-14-11(16)9-4-3-7(12)5-10(9)15(17)18/h3-5,8H,2,6,13H2,1H3,(H,14,16). The lowest BCUT2D eigenvalue weighted by Crippen LogP contribution is -2.36. The Morgan fingerprint density at radius 1 is 1.61 bits per heavy atom. The lowest BCUT2D eigenvalue weighted by molar-refractivity contribution is -0.385. The van der Waals surface area contributed by atoms with Crippen LogP contribution < -0.4 is 11.1 Å². The Hall–Kier alpha value is -1.66. The number of nitrogens with one attached hydrogen (secondary N) is 1. The highest BCUT2D eigenvalue weighted by molar-refractivity contribution is 6.31. The number of carbonyl (C=O) groups is 1. The van der Waals surface area contributed by atoms with Crippen molar-refractivity contribution in [2.75, 3.05) is 6.54 Å². The van der Waals surface area contributed by atoms with Gasteiger partial charge in [0.2, 0.25) is 0 Å². The number of nitro groups is 1. The van der Waals surface area contributed by atoms with E-state index in [1.54, 1.807) is 0 Å². The molecule has 0 saturated carbocycles. The normalized spacial score (nSPS) is 11.9. The van der Waals surface area contributed by atoms with Crippen LogP contribution in [0.2, 0.25) is 5.02 Å². The van der Waals surface area contributed by atoms with E-state index in [1.807, 2.05) is 6.92 Å². The highest BCUT2D eigenvalue weighted by atomic mass is 35.5. The largest absolute Gasteiger partial charge is 0.350 e. The van der Waals surface area contributed by atoms with E-state index in [9.17, 15) is 14.9 Å². The maximum Gasteiger partial charge on any atom is 0.283 e. The number of hydrogen-bond acceptors (Lipinski definition) is 4. The summed E-state index contributed by atoms with van der Waals surface area (Å²) in [6, 6.07) is 3.74. The second-order valence-electron chi connectivity index (χ2n) is 3.80. The fourth-order valence-electron chi connectivity index (χ4n) is 1.31. The minimum Gasteiger partial charge on any atom is -0.350 e. The van der Waals surface area contributed by atoms with Crippen LogP contribution in [0, 0.1) is 10.1 Å². The predicted molar refractivity (Wildman–Crippen MR) is 68.7 cm³/mol. The first kappa shape index (κ1) is 14.4. The topological polar surface area (TPSA) is 98.3 Å². The molecule has 1 aromatic rings. The molecule has 0 aromatic heterocycles. The van der Waals surface area contributed by atoms with Crippen molar-refractivity contribution in [1.29, 1.82) is 0 Å². The van der Waals surface area contributed by atoms with Gasteiger partial charge in [0.05, 0.1) is 4.92 Å². The number of nitrogens with two attached hydrogens (primary N) is 1. The quantitative estimate of drug-likeness (QED) is 0.629. The van der Waals surface area contributed by atoms with Gasteiger partial charge in [0.1, 0.15) is 5.56 Å². The fraction of sp³-hybridized carbons (Fsp3) is 0.364. The van der Waals surface area contributed by atoms with Crippen LogP contribution in [-0.2, 0) is 0 Å². The number of nitrogens with zero attached hydrogens (tertiary/aromatic N) is 1. The summed E-state index contributed by atoms with van der Waals surface area (Å²) in [5.41, 5.74) is 5.32. The summed E-state index contributed by atoms with van der Waals surface area (Å²) in [4.78, 5) is 22.0. The molecule has 0 bridgehead atoms. The molecule has 3 N–H and O–H groups in total. The maximum absolute atomic E-state index is 11.8. The Morgan fingerprint density at radius 2 is 2.28 bits per heavy atom. The van der Waals surface area contributed by atoms with Crippen molar-refractivity contribution in [1.82, 2.24) is 5.32 Å². The van der Waals surface area contributed by atoms with Crippen LogP contribution in [0.4, 0.5) is 5.69 Å². The number of hydrogen-bond donors (Lipinski definition) is 2. The molecule has 0 aliphatic rings. The van der Waals surface area contributed by atoms with Crippen LogP contribution in [0.1, 0.15) is 23.7 Å². The fourth-order valence-corrected chi connectivity index (χ4v) is 1.48. The van der Waals surface area contributed by atoms with Crippen molar-refractivity contribution >= 4 is 23.2 Å². The molecule has 0 heterocycles. The predicted octanol–water partition coefficient (Wildman–Crippen LogP) is 1.72. The van der Waals surface area contributed by atoms with E-state index in [-0.39, 0.29) is 28.9 Å². The Bertz CT molecular complexity index is 465. The van der Waals surface area contributed by atoms with E-state index >= 15 is 0 Å². The molecular weight excluding hydrogens is 258 g/mol. The van der Waals surface area contributed by atoms with Crippen LogP contribution >= 0.6 is 11.6 Å². The summed E-state index contributed by atoms with van der Waals surface area (Å²) in [5, 5.41) is 13.6. The third kappa shape index (κ3) is 3.68. The first-order chi connectivity index (χ1) is 8.45. The molecule has 1 aromatic carbocycles. The minimum atomic E-state index is -0.638. The Labute approximate surface area is 109 Å². The molecule has 7 heteroatoms. The van der Waals surface area contributed by atoms with Crippen molar-refractivity contribution in [3.63, 3.8) is 0 Å². The minimum absolute atomic E-state index is 0.0206. The van der Waals surface area contributed by atoms with Crippen molar-refractivity contribution in [3.05, 3.63) is 38.9 Å². The summed E-state index contributed by atoms with van der Waals surface area (Å²) in [6.45, 7) is 2.16. The van der Waals surface area contributed by atoms with Gasteiger partial charge in [-0.25, -0.2) is 0 Å². The van der Waals surface area contributed by atoms with E-state index in [1.165, 1.54) is 12.1 Å². The first-order valence-corrected chi connectivity index (χ1v) is 5.81. The Kier molecular flexibility index (Phi) is 5.06. The SMILES string of the molecule is CCC(N)CNC(=O)c1ccc(Cl)cc1[N+](=O)[O-]. The number of halogens is 1. The molecule has 18 heavy (non-hydrogen) atoms. The van der Waals surface area contributed by atoms with Crippen molar-refractivity contribution in [2.45, 2.75) is 19.4 Å². The average Bonchev–Trinajstić information content (AvgIpc) is 2.35. The summed E-state index contributed by atoms with van der Waals surface area (Å²) < 4.78 is 0. The molecule has 98 valence electrons. The first-order valence-electron chi connectivity index (χ1n) is 5.43. The summed E-state index contributed by atoms with van der Waals surface area (Å²) in [6.07, 6.45) is 0.711. The molecule has 0 fully saturated rings. The molecule has 1 atom stereocenters. The third-order valence-corrected chi connectivity index (χ3v) is 2.69. The Balaban J connectivity index is 2.88. The second kappa shape index (κ2) is 6.32. The lowest BCUT2D eigenvalue weighted by Gasteiger charge is -2.10. The number of benzene rings is 1. The zero-order valence-corrected chi connectivity index (χ0v) is 10.6. The van der Waals surface area contributed by atoms with Gasteiger partial charge in [-0.05, 0) is 18.6 Å². The summed E-state index contributed by atoms with van der Waals surface area (Å²) in [7, 11) is 0. The number of nitro benzene ring substituents is 1. The van der Waals surface area contributed by atoms with Gasteiger partial charge in [-0.15, -0.1) is 0 Å². The van der Waals surface area contributed by atoms with Gasteiger partial charge in [0, 0.05) is 23.7 Å². The molecule has 0 aliphatic heterocycles. The molecule has 0 saturated heterocycles. The molecule has 0 spiro atoms. The van der Waals surface area contributed by atoms with Crippen LogP contribution in [0.5, 0.6) is 0 Å². The van der Waals surface area contributed by atoms with E-state index in [0.29, 0.717) is 6.42 Å². The molecule has 6 nitrogen and oxygen atoms in total. The molecule has 1 amide bonds. The van der Waals surface area contributed by atoms with Crippen molar-refractivity contribution in [3.8, 4) is 0 Å². The number of rotatable bonds is 5. The third-order valence-electron chi connectivity index (χ3n) is 2.45. The number of amides is 1. The Morgan fingerprint density at radius 3 is 2.83 bits per heavy atom. The molecule has 0 aliphatic carbocycles. The van der Waals surface area contributed by atoms with Gasteiger partial charge in [-0.2, -0.15) is 0 Å². The van der Waals surface area contributed by atoms with E-state index in [4.69, 9.17) is 17.3 Å². The summed E-state index contributed by atoms with van der Waals surface area (Å²) >= 11 is 5.66. The van der Waals surface area contributed by atoms with Crippen LogP contribution in [-0.4, -0.2) is 23.4 Å². The monoisotopic (exact) mass is 271 g/mol. The molecule has 0 radical (unpaired) electrons. The van der Waals surface area contributed by atoms with Gasteiger partial charge in [0.25, 0.3) is 11.6 Å². The van der Waals surface area contributed by atoms with Gasteiger partial charge in [0.15, 0.2) is 0 Å². The number of carbonyl (C=O) groups excluding carboxylic acids is 1. The molecule has 1 rings (SSSR count). The summed E-state index contributed by atoms with van der Waals surface area (Å²) in [5.74, 6) is -0.526. The van der Waals surface area contributed by atoms with E-state index in [0.717, 1.165) is 6.07 Å². The highest BCUT2D eigenvalue weighted by Gasteiger charge is 2.20. The highest BCUT2D eigenvalue weighted by Crippen LogP contribution is 2.22. The smallest absolute Gasteiger partial charge is 0.283 e. The van der Waals surface area contributed by atoms with Crippen LogP contribution in [0.25, 0.3) is 0 Å². The molecular formula is C11H14ClN3O3. The van der Waals surface area contributed by atoms with Crippen LogP contribution in [0.15, 0.2) is 18.2 Å². The average molecular weight is 272 g/mol. The van der Waals surface area contributed by atoms with Gasteiger partial charge < -0.3 is 11.1 Å². The van der Waals surface area contributed by atoms with E-state index in [2.05, 4.69) is 5.32 Å². The van der Waals surface area contributed by atoms with Gasteiger partial charge in [-0.3, -0.25) is 14.9 Å².